The Bertz CT molecular complexity index is 309. The maximum atomic E-state index is 11.1. The first-order chi connectivity index (χ1) is 6.18. The van der Waals surface area contributed by atoms with Crippen LogP contribution in [0.1, 0.15) is 6.92 Å². The largest absolute Gasteiger partial charge is 0.325 e. The Kier molecular flexibility index (Phi) is 2.97. The Balaban J connectivity index is 2.50. The molecule has 5 nitrogen and oxygen atoms in total. The molecule has 0 unspecified atom stereocenters. The molecular formula is C8H10N4O. The van der Waals surface area contributed by atoms with E-state index in [9.17, 15) is 4.79 Å². The molecule has 0 bridgehead atoms. The van der Waals surface area contributed by atoms with E-state index >= 15 is 0 Å². The van der Waals surface area contributed by atoms with Crippen LogP contribution in [-0.2, 0) is 0 Å². The summed E-state index contributed by atoms with van der Waals surface area (Å²) in [7, 11) is 0. The molecule has 68 valence electrons. The minimum atomic E-state index is -0.390. The summed E-state index contributed by atoms with van der Waals surface area (Å²) in [4.78, 5) is 18.7. The van der Waals surface area contributed by atoms with E-state index in [0.717, 1.165) is 0 Å². The molecule has 0 fully saturated rings. The number of carbonyl (C=O) groups excluding carboxylic acids is 1. The van der Waals surface area contributed by atoms with Crippen LogP contribution in [-0.4, -0.2) is 16.0 Å². The molecule has 1 aromatic rings. The Morgan fingerprint density at radius 3 is 2.62 bits per heavy atom. The van der Waals surface area contributed by atoms with Crippen molar-refractivity contribution in [2.75, 3.05) is 5.32 Å². The summed E-state index contributed by atoms with van der Waals surface area (Å²) in [5.41, 5.74) is 0.563. The first kappa shape index (κ1) is 9.18. The fraction of sp³-hybridized carbons (Fsp3) is 0.125. The average Bonchev–Trinajstić information content (AvgIpc) is 2.04. The highest BCUT2D eigenvalue weighted by atomic mass is 16.2. The Morgan fingerprint density at radius 1 is 1.46 bits per heavy atom. The number of nitrogens with zero attached hydrogens (tertiary/aromatic N) is 2. The van der Waals surface area contributed by atoms with Gasteiger partial charge in [0.05, 0.1) is 0 Å². The van der Waals surface area contributed by atoms with E-state index < -0.39 is 6.03 Å². The van der Waals surface area contributed by atoms with E-state index in [4.69, 9.17) is 0 Å². The molecule has 5 heteroatoms. The summed E-state index contributed by atoms with van der Waals surface area (Å²) in [6.45, 7) is 5.21. The van der Waals surface area contributed by atoms with Gasteiger partial charge < -0.3 is 5.32 Å². The van der Waals surface area contributed by atoms with E-state index in [-0.39, 0.29) is 5.95 Å². The third-order valence-electron chi connectivity index (χ3n) is 1.12. The highest BCUT2D eigenvalue weighted by molar-refractivity contribution is 5.88. The SMILES string of the molecule is C=C(C)NC(=O)Nc1ncccn1. The molecule has 0 aliphatic rings. The van der Waals surface area contributed by atoms with Crippen LogP contribution in [0.4, 0.5) is 10.7 Å². The minimum absolute atomic E-state index is 0.265. The average molecular weight is 178 g/mol. The minimum Gasteiger partial charge on any atom is -0.312 e. The van der Waals surface area contributed by atoms with Crippen molar-refractivity contribution in [2.24, 2.45) is 0 Å². The van der Waals surface area contributed by atoms with Crippen LogP contribution in [0.2, 0.25) is 0 Å². The number of hydrogen-bond donors (Lipinski definition) is 2. The lowest BCUT2D eigenvalue weighted by Crippen LogP contribution is -2.27. The molecule has 0 atom stereocenters. The van der Waals surface area contributed by atoms with Gasteiger partial charge in [0.25, 0.3) is 0 Å². The zero-order chi connectivity index (χ0) is 9.68. The fourth-order valence-electron chi connectivity index (χ4n) is 0.690. The predicted molar refractivity (Wildman–Crippen MR) is 49.0 cm³/mol. The lowest BCUT2D eigenvalue weighted by Gasteiger charge is -2.03. The predicted octanol–water partition coefficient (Wildman–Crippen LogP) is 1.13. The van der Waals surface area contributed by atoms with Crippen molar-refractivity contribution in [2.45, 2.75) is 6.92 Å². The van der Waals surface area contributed by atoms with E-state index in [1.54, 1.807) is 25.4 Å². The number of allylic oxidation sites excluding steroid dienone is 1. The number of rotatable bonds is 2. The van der Waals surface area contributed by atoms with Gasteiger partial charge in [-0.05, 0) is 13.0 Å². The van der Waals surface area contributed by atoms with E-state index in [2.05, 4.69) is 27.2 Å². The first-order valence-corrected chi connectivity index (χ1v) is 3.69. The molecule has 1 rings (SSSR count). The number of carbonyl (C=O) groups is 1. The molecule has 0 aromatic carbocycles. The summed E-state index contributed by atoms with van der Waals surface area (Å²) < 4.78 is 0. The highest BCUT2D eigenvalue weighted by Crippen LogP contribution is 1.93. The molecular weight excluding hydrogens is 168 g/mol. The molecule has 2 N–H and O–H groups in total. The van der Waals surface area contributed by atoms with Gasteiger partial charge in [0, 0.05) is 18.1 Å². The van der Waals surface area contributed by atoms with Gasteiger partial charge in [-0.3, -0.25) is 5.32 Å². The van der Waals surface area contributed by atoms with Crippen molar-refractivity contribution in [3.05, 3.63) is 30.7 Å². The lowest BCUT2D eigenvalue weighted by molar-refractivity contribution is 0.254. The zero-order valence-corrected chi connectivity index (χ0v) is 7.24. The molecule has 0 aliphatic heterocycles. The zero-order valence-electron chi connectivity index (χ0n) is 7.24. The normalized spacial score (nSPS) is 9.00. The van der Waals surface area contributed by atoms with Gasteiger partial charge in [-0.2, -0.15) is 0 Å². The third-order valence-corrected chi connectivity index (χ3v) is 1.12. The van der Waals surface area contributed by atoms with Crippen LogP contribution in [0, 0.1) is 0 Å². The van der Waals surface area contributed by atoms with Crippen LogP contribution in [0.25, 0.3) is 0 Å². The van der Waals surface area contributed by atoms with Crippen molar-refractivity contribution < 1.29 is 4.79 Å². The fourth-order valence-corrected chi connectivity index (χ4v) is 0.690. The number of amides is 2. The van der Waals surface area contributed by atoms with Gasteiger partial charge in [-0.25, -0.2) is 14.8 Å². The molecule has 2 amide bonds. The molecule has 0 spiro atoms. The highest BCUT2D eigenvalue weighted by Gasteiger charge is 2.01. The summed E-state index contributed by atoms with van der Waals surface area (Å²) in [5, 5.41) is 4.91. The Hall–Kier alpha value is -1.91. The monoisotopic (exact) mass is 178 g/mol. The maximum absolute atomic E-state index is 11.1. The van der Waals surface area contributed by atoms with Gasteiger partial charge in [0.1, 0.15) is 0 Å². The number of nitrogens with one attached hydrogen (secondary N) is 2. The molecule has 1 aromatic heterocycles. The van der Waals surface area contributed by atoms with Gasteiger partial charge >= 0.3 is 6.03 Å². The van der Waals surface area contributed by atoms with Crippen molar-refractivity contribution in [3.8, 4) is 0 Å². The first-order valence-electron chi connectivity index (χ1n) is 3.69. The number of hydrogen-bond acceptors (Lipinski definition) is 3. The molecule has 0 aliphatic carbocycles. The Morgan fingerprint density at radius 2 is 2.08 bits per heavy atom. The van der Waals surface area contributed by atoms with E-state index in [1.807, 2.05) is 0 Å². The van der Waals surface area contributed by atoms with Crippen LogP contribution in [0.5, 0.6) is 0 Å². The summed E-state index contributed by atoms with van der Waals surface area (Å²) in [6.07, 6.45) is 3.09. The second-order valence-electron chi connectivity index (χ2n) is 2.43. The topological polar surface area (TPSA) is 66.9 Å². The molecule has 0 saturated heterocycles. The number of anilines is 1. The second kappa shape index (κ2) is 4.20. The molecule has 1 heterocycles. The summed E-state index contributed by atoms with van der Waals surface area (Å²) in [5.74, 6) is 0.265. The smallest absolute Gasteiger partial charge is 0.312 e. The summed E-state index contributed by atoms with van der Waals surface area (Å²) in [6, 6.07) is 1.28. The van der Waals surface area contributed by atoms with Crippen LogP contribution in [0.15, 0.2) is 30.7 Å². The van der Waals surface area contributed by atoms with Crippen LogP contribution < -0.4 is 10.6 Å². The summed E-state index contributed by atoms with van der Waals surface area (Å²) >= 11 is 0. The van der Waals surface area contributed by atoms with Crippen molar-refractivity contribution in [1.29, 1.82) is 0 Å². The van der Waals surface area contributed by atoms with E-state index in [1.165, 1.54) is 0 Å². The maximum Gasteiger partial charge on any atom is 0.325 e. The van der Waals surface area contributed by atoms with Crippen LogP contribution in [0.3, 0.4) is 0 Å². The lowest BCUT2D eigenvalue weighted by atomic mass is 10.6. The molecule has 0 radical (unpaired) electrons. The van der Waals surface area contributed by atoms with Gasteiger partial charge in [0.2, 0.25) is 5.95 Å². The van der Waals surface area contributed by atoms with Gasteiger partial charge in [-0.15, -0.1) is 0 Å². The number of aromatic nitrogens is 2. The quantitative estimate of drug-likeness (QED) is 0.713. The van der Waals surface area contributed by atoms with Crippen molar-refractivity contribution in [3.63, 3.8) is 0 Å². The third kappa shape index (κ3) is 3.33. The van der Waals surface area contributed by atoms with Gasteiger partial charge in [0.15, 0.2) is 0 Å². The standard InChI is InChI=1S/C8H10N4O/c1-6(2)11-8(13)12-7-9-4-3-5-10-7/h3-5H,1H2,2H3,(H2,9,10,11,12,13). The van der Waals surface area contributed by atoms with Gasteiger partial charge in [-0.1, -0.05) is 6.58 Å². The van der Waals surface area contributed by atoms with Crippen molar-refractivity contribution in [1.82, 2.24) is 15.3 Å². The Labute approximate surface area is 75.9 Å². The van der Waals surface area contributed by atoms with E-state index in [0.29, 0.717) is 5.70 Å². The molecule has 0 saturated carbocycles. The second-order valence-corrected chi connectivity index (χ2v) is 2.43. The van der Waals surface area contributed by atoms with Crippen molar-refractivity contribution >= 4 is 12.0 Å². The molecule has 13 heavy (non-hydrogen) atoms. The number of urea groups is 1. The van der Waals surface area contributed by atoms with Crippen LogP contribution >= 0.6 is 0 Å².